The molecule has 0 bridgehead atoms. The monoisotopic (exact) mass is 375 g/mol. The van der Waals surface area contributed by atoms with Crippen LogP contribution < -0.4 is 4.74 Å². The number of nitro groups is 1. The fraction of sp³-hybridized carbons (Fsp3) is 0.111. The van der Waals surface area contributed by atoms with Gasteiger partial charge in [-0.2, -0.15) is 0 Å². The molecule has 0 aliphatic rings. The SMILES string of the molecule is CC(Oc1cccc(C(=O)C=Cc2cc(Cl)ccc2[N+](=O)[O-])c1)C(=O)O. The van der Waals surface area contributed by atoms with Crippen LogP contribution in [-0.2, 0) is 4.79 Å². The molecule has 0 aromatic heterocycles. The number of rotatable bonds is 7. The topological polar surface area (TPSA) is 107 Å². The van der Waals surface area contributed by atoms with E-state index < -0.39 is 22.8 Å². The fourth-order valence-corrected chi connectivity index (χ4v) is 2.24. The molecule has 26 heavy (non-hydrogen) atoms. The van der Waals surface area contributed by atoms with Crippen molar-refractivity contribution in [2.75, 3.05) is 0 Å². The third-order valence-corrected chi connectivity index (χ3v) is 3.61. The van der Waals surface area contributed by atoms with Crippen molar-refractivity contribution in [3.8, 4) is 5.75 Å². The van der Waals surface area contributed by atoms with Crippen molar-refractivity contribution in [2.24, 2.45) is 0 Å². The zero-order valence-electron chi connectivity index (χ0n) is 13.6. The summed E-state index contributed by atoms with van der Waals surface area (Å²) in [4.78, 5) is 33.6. The smallest absolute Gasteiger partial charge is 0.344 e. The minimum atomic E-state index is -1.13. The third-order valence-electron chi connectivity index (χ3n) is 3.38. The first-order chi connectivity index (χ1) is 12.3. The Morgan fingerprint density at radius 1 is 1.27 bits per heavy atom. The normalized spacial score (nSPS) is 11.9. The maximum Gasteiger partial charge on any atom is 0.344 e. The van der Waals surface area contributed by atoms with Crippen LogP contribution in [0.25, 0.3) is 6.08 Å². The van der Waals surface area contributed by atoms with Crippen LogP contribution >= 0.6 is 11.6 Å². The maximum atomic E-state index is 12.3. The lowest BCUT2D eigenvalue weighted by Crippen LogP contribution is -2.22. The van der Waals surface area contributed by atoms with E-state index in [-0.39, 0.29) is 22.6 Å². The molecule has 0 amide bonds. The van der Waals surface area contributed by atoms with E-state index in [0.717, 1.165) is 0 Å². The first kappa shape index (κ1) is 19.1. The van der Waals surface area contributed by atoms with Crippen molar-refractivity contribution in [1.29, 1.82) is 0 Å². The van der Waals surface area contributed by atoms with Gasteiger partial charge in [0.2, 0.25) is 0 Å². The number of nitrogens with zero attached hydrogens (tertiary/aromatic N) is 1. The van der Waals surface area contributed by atoms with Crippen LogP contribution in [0, 0.1) is 10.1 Å². The molecule has 0 heterocycles. The van der Waals surface area contributed by atoms with Crippen molar-refractivity contribution in [1.82, 2.24) is 0 Å². The van der Waals surface area contributed by atoms with Gasteiger partial charge in [0.05, 0.1) is 10.5 Å². The fourth-order valence-electron chi connectivity index (χ4n) is 2.06. The highest BCUT2D eigenvalue weighted by atomic mass is 35.5. The standard InChI is InChI=1S/C18H14ClNO6/c1-11(18(22)23)26-15-4-2-3-13(10-15)17(21)8-5-12-9-14(19)6-7-16(12)20(24)25/h2-11H,1H3,(H,22,23). The average Bonchev–Trinajstić information content (AvgIpc) is 2.59. The third kappa shape index (κ3) is 4.90. The van der Waals surface area contributed by atoms with E-state index in [9.17, 15) is 19.7 Å². The van der Waals surface area contributed by atoms with E-state index in [1.807, 2.05) is 0 Å². The number of aliphatic carboxylic acids is 1. The number of hydrogen-bond donors (Lipinski definition) is 1. The van der Waals surface area contributed by atoms with E-state index in [1.54, 1.807) is 6.07 Å². The van der Waals surface area contributed by atoms with Crippen LogP contribution in [0.5, 0.6) is 5.75 Å². The molecule has 7 nitrogen and oxygen atoms in total. The van der Waals surface area contributed by atoms with Crippen LogP contribution in [0.1, 0.15) is 22.8 Å². The Kier molecular flexibility index (Phi) is 6.08. The summed E-state index contributed by atoms with van der Waals surface area (Å²) in [7, 11) is 0. The number of benzene rings is 2. The Morgan fingerprint density at radius 2 is 2.00 bits per heavy atom. The Balaban J connectivity index is 2.23. The number of ketones is 1. The highest BCUT2D eigenvalue weighted by Gasteiger charge is 2.14. The summed E-state index contributed by atoms with van der Waals surface area (Å²) in [5, 5.41) is 20.2. The summed E-state index contributed by atoms with van der Waals surface area (Å²) in [6, 6.07) is 10.0. The van der Waals surface area contributed by atoms with E-state index in [1.165, 1.54) is 55.5 Å². The summed E-state index contributed by atoms with van der Waals surface area (Å²) in [6.45, 7) is 1.37. The van der Waals surface area contributed by atoms with Gasteiger partial charge in [-0.15, -0.1) is 0 Å². The number of nitro benzene ring substituents is 1. The molecule has 1 unspecified atom stereocenters. The van der Waals surface area contributed by atoms with Gasteiger partial charge >= 0.3 is 5.97 Å². The molecule has 2 aromatic rings. The van der Waals surface area contributed by atoms with E-state index in [4.69, 9.17) is 21.4 Å². The lowest BCUT2D eigenvalue weighted by Gasteiger charge is -2.10. The van der Waals surface area contributed by atoms with Crippen molar-refractivity contribution in [3.63, 3.8) is 0 Å². The van der Waals surface area contributed by atoms with Gasteiger partial charge in [0, 0.05) is 16.7 Å². The molecule has 8 heteroatoms. The molecule has 2 rings (SSSR count). The highest BCUT2D eigenvalue weighted by Crippen LogP contribution is 2.24. The van der Waals surface area contributed by atoms with Crippen LogP contribution in [-0.4, -0.2) is 27.9 Å². The van der Waals surface area contributed by atoms with Gasteiger partial charge in [0.25, 0.3) is 5.69 Å². The average molecular weight is 376 g/mol. The van der Waals surface area contributed by atoms with Gasteiger partial charge in [-0.05, 0) is 43.3 Å². The molecular formula is C18H14ClNO6. The van der Waals surface area contributed by atoms with Gasteiger partial charge in [-0.3, -0.25) is 14.9 Å². The number of hydrogen-bond acceptors (Lipinski definition) is 5. The molecule has 0 aliphatic carbocycles. The molecular weight excluding hydrogens is 362 g/mol. The Hall–Kier alpha value is -3.19. The first-order valence-corrected chi connectivity index (χ1v) is 7.81. The highest BCUT2D eigenvalue weighted by molar-refractivity contribution is 6.30. The van der Waals surface area contributed by atoms with Crippen LogP contribution in [0.3, 0.4) is 0 Å². The predicted octanol–water partition coefficient (Wildman–Crippen LogP) is 4.00. The predicted molar refractivity (Wildman–Crippen MR) is 95.6 cm³/mol. The molecule has 0 aliphatic heterocycles. The second-order valence-corrected chi connectivity index (χ2v) is 5.72. The number of carbonyl (C=O) groups excluding carboxylic acids is 1. The van der Waals surface area contributed by atoms with Gasteiger partial charge in [0.1, 0.15) is 5.75 Å². The summed E-state index contributed by atoms with van der Waals surface area (Å²) >= 11 is 5.84. The Bertz CT molecular complexity index is 893. The second kappa shape index (κ2) is 8.26. The first-order valence-electron chi connectivity index (χ1n) is 7.44. The quantitative estimate of drug-likeness (QED) is 0.339. The maximum absolute atomic E-state index is 12.3. The summed E-state index contributed by atoms with van der Waals surface area (Å²) in [5.41, 5.74) is 0.273. The molecule has 1 N–H and O–H groups in total. The Labute approximate surface area is 153 Å². The lowest BCUT2D eigenvalue weighted by atomic mass is 10.1. The molecule has 134 valence electrons. The van der Waals surface area contributed by atoms with Gasteiger partial charge in [-0.25, -0.2) is 4.79 Å². The van der Waals surface area contributed by atoms with Crippen molar-refractivity contribution in [3.05, 3.63) is 74.8 Å². The number of allylic oxidation sites excluding steroid dienone is 1. The molecule has 0 fully saturated rings. The molecule has 0 saturated heterocycles. The van der Waals surface area contributed by atoms with Gasteiger partial charge in [0.15, 0.2) is 11.9 Å². The number of carbonyl (C=O) groups is 2. The zero-order valence-corrected chi connectivity index (χ0v) is 14.3. The summed E-state index contributed by atoms with van der Waals surface area (Å²) in [6.07, 6.45) is 1.42. The summed E-state index contributed by atoms with van der Waals surface area (Å²) < 4.78 is 5.21. The van der Waals surface area contributed by atoms with E-state index in [2.05, 4.69) is 0 Å². The van der Waals surface area contributed by atoms with Crippen LogP contribution in [0.2, 0.25) is 5.02 Å². The van der Waals surface area contributed by atoms with E-state index in [0.29, 0.717) is 5.02 Å². The molecule has 0 saturated carbocycles. The minimum absolute atomic E-state index is 0.175. The zero-order chi connectivity index (χ0) is 19.3. The largest absolute Gasteiger partial charge is 0.479 e. The van der Waals surface area contributed by atoms with Crippen molar-refractivity contribution < 1.29 is 24.4 Å². The second-order valence-electron chi connectivity index (χ2n) is 5.28. The van der Waals surface area contributed by atoms with Gasteiger partial charge < -0.3 is 9.84 Å². The number of halogens is 1. The van der Waals surface area contributed by atoms with Crippen molar-refractivity contribution >= 4 is 35.1 Å². The van der Waals surface area contributed by atoms with E-state index >= 15 is 0 Å². The molecule has 0 spiro atoms. The minimum Gasteiger partial charge on any atom is -0.479 e. The van der Waals surface area contributed by atoms with Crippen molar-refractivity contribution in [2.45, 2.75) is 13.0 Å². The number of carboxylic acid groups (broad SMARTS) is 1. The van der Waals surface area contributed by atoms with Gasteiger partial charge in [-0.1, -0.05) is 23.7 Å². The molecule has 2 aromatic carbocycles. The Morgan fingerprint density at radius 3 is 2.65 bits per heavy atom. The number of ether oxygens (including phenoxy) is 1. The molecule has 0 radical (unpaired) electrons. The molecule has 1 atom stereocenters. The van der Waals surface area contributed by atoms with Crippen LogP contribution in [0.15, 0.2) is 48.5 Å². The summed E-state index contributed by atoms with van der Waals surface area (Å²) in [5.74, 6) is -1.32. The number of carboxylic acids is 1. The lowest BCUT2D eigenvalue weighted by molar-refractivity contribution is -0.385. The van der Waals surface area contributed by atoms with Crippen LogP contribution in [0.4, 0.5) is 5.69 Å².